The highest BCUT2D eigenvalue weighted by molar-refractivity contribution is 5.27. The second kappa shape index (κ2) is 6.20. The Labute approximate surface area is 106 Å². The molecule has 0 radical (unpaired) electrons. The van der Waals surface area contributed by atoms with E-state index in [1.54, 1.807) is 17.2 Å². The van der Waals surface area contributed by atoms with E-state index in [0.29, 0.717) is 5.41 Å². The van der Waals surface area contributed by atoms with Gasteiger partial charge >= 0.3 is 0 Å². The van der Waals surface area contributed by atoms with Crippen molar-refractivity contribution in [3.05, 3.63) is 34.9 Å². The van der Waals surface area contributed by atoms with Gasteiger partial charge in [-0.2, -0.15) is 0 Å². The quantitative estimate of drug-likeness (QED) is 0.564. The van der Waals surface area contributed by atoms with Gasteiger partial charge in [-0.1, -0.05) is 48.8 Å². The molecule has 1 rings (SSSR count). The van der Waals surface area contributed by atoms with Gasteiger partial charge in [0.1, 0.15) is 0 Å². The fourth-order valence-corrected chi connectivity index (χ4v) is 2.70. The molecule has 1 aliphatic carbocycles. The summed E-state index contributed by atoms with van der Waals surface area (Å²) in [4.78, 5) is 0. The molecule has 1 N–H and O–H groups in total. The summed E-state index contributed by atoms with van der Waals surface area (Å²) in [6, 6.07) is 0. The summed E-state index contributed by atoms with van der Waals surface area (Å²) in [5.41, 5.74) is 4.79. The van der Waals surface area contributed by atoms with E-state index in [9.17, 15) is 0 Å². The van der Waals surface area contributed by atoms with Gasteiger partial charge in [-0.3, -0.25) is 0 Å². The van der Waals surface area contributed by atoms with Gasteiger partial charge < -0.3 is 5.11 Å². The van der Waals surface area contributed by atoms with Crippen LogP contribution in [0.15, 0.2) is 34.9 Å². The van der Waals surface area contributed by atoms with E-state index in [-0.39, 0.29) is 6.61 Å². The molecule has 1 aliphatic rings. The monoisotopic (exact) mass is 234 g/mol. The lowest BCUT2D eigenvalue weighted by Gasteiger charge is -2.34. The van der Waals surface area contributed by atoms with E-state index in [2.05, 4.69) is 33.8 Å². The highest BCUT2D eigenvalue weighted by Gasteiger charge is 2.27. The number of hydrogen-bond donors (Lipinski definition) is 1. The second-order valence-corrected chi connectivity index (χ2v) is 5.73. The van der Waals surface area contributed by atoms with Crippen LogP contribution in [0.5, 0.6) is 0 Å². The maximum Gasteiger partial charge on any atom is 0.0615 e. The van der Waals surface area contributed by atoms with Crippen LogP contribution in [0.4, 0.5) is 0 Å². The highest BCUT2D eigenvalue weighted by Crippen LogP contribution is 2.41. The topological polar surface area (TPSA) is 20.2 Å². The SMILES string of the molecule is CC1=C(C/C=C(C)/C=C/CO)C(C)(C)CCC1. The maximum absolute atomic E-state index is 8.73. The minimum absolute atomic E-state index is 0.123. The van der Waals surface area contributed by atoms with Crippen LogP contribution in [0, 0.1) is 5.41 Å². The second-order valence-electron chi connectivity index (χ2n) is 5.73. The molecule has 0 amide bonds. The molecule has 0 atom stereocenters. The molecule has 0 bridgehead atoms. The lowest BCUT2D eigenvalue weighted by atomic mass is 9.71. The summed E-state index contributed by atoms with van der Waals surface area (Å²) in [5.74, 6) is 0. The average molecular weight is 234 g/mol. The predicted octanol–water partition coefficient (Wildman–Crippen LogP) is 4.40. The van der Waals surface area contributed by atoms with E-state index < -0.39 is 0 Å². The third-order valence-electron chi connectivity index (χ3n) is 3.80. The number of aliphatic hydroxyl groups is 1. The zero-order chi connectivity index (χ0) is 12.9. The smallest absolute Gasteiger partial charge is 0.0615 e. The van der Waals surface area contributed by atoms with Crippen LogP contribution in [-0.4, -0.2) is 11.7 Å². The summed E-state index contributed by atoms with van der Waals surface area (Å²) in [5, 5.41) is 8.73. The first-order valence-electron chi connectivity index (χ1n) is 6.60. The zero-order valence-corrected chi connectivity index (χ0v) is 11.7. The van der Waals surface area contributed by atoms with Crippen LogP contribution in [0.1, 0.15) is 53.4 Å². The van der Waals surface area contributed by atoms with Crippen LogP contribution >= 0.6 is 0 Å². The molecule has 1 nitrogen and oxygen atoms in total. The van der Waals surface area contributed by atoms with Crippen molar-refractivity contribution < 1.29 is 5.11 Å². The Bertz CT molecular complexity index is 343. The fraction of sp³-hybridized carbons (Fsp3) is 0.625. The van der Waals surface area contributed by atoms with Gasteiger partial charge in [0.05, 0.1) is 6.61 Å². The van der Waals surface area contributed by atoms with Crippen molar-refractivity contribution in [3.63, 3.8) is 0 Å². The van der Waals surface area contributed by atoms with Crippen LogP contribution in [0.3, 0.4) is 0 Å². The molecular weight excluding hydrogens is 208 g/mol. The Morgan fingerprint density at radius 1 is 1.41 bits per heavy atom. The third kappa shape index (κ3) is 4.16. The average Bonchev–Trinajstić information content (AvgIpc) is 2.24. The van der Waals surface area contributed by atoms with Crippen molar-refractivity contribution >= 4 is 0 Å². The van der Waals surface area contributed by atoms with Gasteiger partial charge in [0.25, 0.3) is 0 Å². The molecule has 0 unspecified atom stereocenters. The molecule has 0 saturated heterocycles. The lowest BCUT2D eigenvalue weighted by Crippen LogP contribution is -2.20. The summed E-state index contributed by atoms with van der Waals surface area (Å²) in [6.07, 6.45) is 11.0. The fourth-order valence-electron chi connectivity index (χ4n) is 2.70. The van der Waals surface area contributed by atoms with Gasteiger partial charge in [0, 0.05) is 0 Å². The molecule has 0 heterocycles. The molecule has 0 aromatic heterocycles. The van der Waals surface area contributed by atoms with E-state index in [1.165, 1.54) is 24.8 Å². The van der Waals surface area contributed by atoms with Gasteiger partial charge in [0.15, 0.2) is 0 Å². The molecule has 0 aromatic rings. The van der Waals surface area contributed by atoms with Gasteiger partial charge in [-0.05, 0) is 44.9 Å². The standard InChI is InChI=1S/C16H26O/c1-13(7-6-12-17)9-10-15-14(2)8-5-11-16(15,3)4/h6-7,9,17H,5,8,10-12H2,1-4H3/b7-6+,13-9+. The summed E-state index contributed by atoms with van der Waals surface area (Å²) in [6.45, 7) is 9.22. The number of rotatable bonds is 4. The van der Waals surface area contributed by atoms with E-state index in [0.717, 1.165) is 6.42 Å². The third-order valence-corrected chi connectivity index (χ3v) is 3.80. The largest absolute Gasteiger partial charge is 0.392 e. The normalized spacial score (nSPS) is 21.4. The van der Waals surface area contributed by atoms with Crippen molar-refractivity contribution in [3.8, 4) is 0 Å². The molecule has 0 aliphatic heterocycles. The van der Waals surface area contributed by atoms with E-state index >= 15 is 0 Å². The molecular formula is C16H26O. The number of allylic oxidation sites excluding steroid dienone is 5. The Hall–Kier alpha value is -0.820. The van der Waals surface area contributed by atoms with Gasteiger partial charge in [0.2, 0.25) is 0 Å². The van der Waals surface area contributed by atoms with Crippen molar-refractivity contribution in [1.82, 2.24) is 0 Å². The Morgan fingerprint density at radius 3 is 2.71 bits per heavy atom. The Kier molecular flexibility index (Phi) is 5.20. The van der Waals surface area contributed by atoms with Crippen molar-refractivity contribution in [2.24, 2.45) is 5.41 Å². The molecule has 17 heavy (non-hydrogen) atoms. The molecule has 0 spiro atoms. The first-order valence-corrected chi connectivity index (χ1v) is 6.60. The molecule has 0 fully saturated rings. The Morgan fingerprint density at radius 2 is 2.12 bits per heavy atom. The maximum atomic E-state index is 8.73. The molecule has 1 heteroatoms. The first-order chi connectivity index (χ1) is 7.97. The molecule has 0 saturated carbocycles. The Balaban J connectivity index is 2.76. The highest BCUT2D eigenvalue weighted by atomic mass is 16.2. The number of aliphatic hydroxyl groups excluding tert-OH is 1. The molecule has 96 valence electrons. The van der Waals surface area contributed by atoms with E-state index in [1.807, 2.05) is 6.08 Å². The van der Waals surface area contributed by atoms with Crippen LogP contribution in [0.25, 0.3) is 0 Å². The predicted molar refractivity (Wildman–Crippen MR) is 74.9 cm³/mol. The minimum Gasteiger partial charge on any atom is -0.392 e. The molecule has 0 aromatic carbocycles. The summed E-state index contributed by atoms with van der Waals surface area (Å²) >= 11 is 0. The van der Waals surface area contributed by atoms with Crippen LogP contribution in [0.2, 0.25) is 0 Å². The number of hydrogen-bond acceptors (Lipinski definition) is 1. The first kappa shape index (κ1) is 14.2. The minimum atomic E-state index is 0.123. The van der Waals surface area contributed by atoms with Crippen molar-refractivity contribution in [1.29, 1.82) is 0 Å². The van der Waals surface area contributed by atoms with Gasteiger partial charge in [-0.25, -0.2) is 0 Å². The van der Waals surface area contributed by atoms with Crippen molar-refractivity contribution in [2.75, 3.05) is 6.61 Å². The van der Waals surface area contributed by atoms with Crippen molar-refractivity contribution in [2.45, 2.75) is 53.4 Å². The zero-order valence-electron chi connectivity index (χ0n) is 11.7. The lowest BCUT2D eigenvalue weighted by molar-refractivity contribution is 0.342. The summed E-state index contributed by atoms with van der Waals surface area (Å²) < 4.78 is 0. The van der Waals surface area contributed by atoms with E-state index in [4.69, 9.17) is 5.11 Å². The van der Waals surface area contributed by atoms with Crippen LogP contribution in [-0.2, 0) is 0 Å². The summed E-state index contributed by atoms with van der Waals surface area (Å²) in [7, 11) is 0. The van der Waals surface area contributed by atoms with Gasteiger partial charge in [-0.15, -0.1) is 0 Å². The van der Waals surface area contributed by atoms with Crippen LogP contribution < -0.4 is 0 Å².